The Morgan fingerprint density at radius 2 is 1.82 bits per heavy atom. The minimum absolute atomic E-state index is 0.00631. The second kappa shape index (κ2) is 6.55. The summed E-state index contributed by atoms with van der Waals surface area (Å²) in [5.74, 6) is -9.26. The quantitative estimate of drug-likeness (QED) is 0.230. The van der Waals surface area contributed by atoms with Crippen LogP contribution in [-0.2, 0) is 33.4 Å². The van der Waals surface area contributed by atoms with Gasteiger partial charge >= 0.3 is 11.9 Å². The van der Waals surface area contributed by atoms with Crippen molar-refractivity contribution in [3.8, 4) is 0 Å². The Bertz CT molecular complexity index is 1350. The first-order chi connectivity index (χ1) is 17.6. The van der Waals surface area contributed by atoms with Crippen LogP contribution in [0.3, 0.4) is 0 Å². The molecule has 0 aromatic rings. The molecule has 11 unspecified atom stereocenters. The lowest BCUT2D eigenvalue weighted by Crippen LogP contribution is -2.77. The number of hydrogen-bond acceptors (Lipinski definition) is 10. The van der Waals surface area contributed by atoms with Crippen LogP contribution in [0, 0.1) is 28.6 Å². The van der Waals surface area contributed by atoms with Gasteiger partial charge < -0.3 is 29.5 Å². The first kappa shape index (κ1) is 24.4. The number of hydrogen-bond donors (Lipinski definition) is 3. The molecule has 10 nitrogen and oxygen atoms in total. The maximum absolute atomic E-state index is 14.6. The molecule has 0 amide bonds. The highest BCUT2D eigenvalue weighted by Gasteiger charge is 2.92. The highest BCUT2D eigenvalue weighted by atomic mass is 16.7. The van der Waals surface area contributed by atoms with Gasteiger partial charge in [0, 0.05) is 11.0 Å². The number of rotatable bonds is 0. The number of fused-ring (bicyclic) bond motifs is 9. The fraction of sp³-hybridized carbons (Fsp3) is 0.643. The second-order valence-corrected chi connectivity index (χ2v) is 12.7. The summed E-state index contributed by atoms with van der Waals surface area (Å²) in [4.78, 5) is 54.4. The predicted octanol–water partition coefficient (Wildman–Crippen LogP) is 0.430. The number of ketones is 2. The lowest BCUT2D eigenvalue weighted by Gasteiger charge is -2.60. The van der Waals surface area contributed by atoms with Crippen LogP contribution < -0.4 is 0 Å². The lowest BCUT2D eigenvalue weighted by atomic mass is 9.47. The standard InChI is InChI=1S/C28H30O10/c1-12-21(32)36-17-11-23(12,2)19-20(31)27(35)18-14(24(3)13(10-15(18)29)6-5-7-16(24)30)8-9-26(34)22(33)37-25(17,4)28(19,26)38-27/h5,7,10,14-15,17-19,29,34-35H,1,6,8-9,11H2,2-4H3. The molecule has 0 aromatic heterocycles. The normalized spacial score (nSPS) is 56.2. The zero-order valence-corrected chi connectivity index (χ0v) is 21.4. The van der Waals surface area contributed by atoms with E-state index in [0.717, 1.165) is 0 Å². The largest absolute Gasteiger partial charge is 0.455 e. The molecule has 4 aliphatic heterocycles. The van der Waals surface area contributed by atoms with Gasteiger partial charge in [0.15, 0.2) is 28.4 Å². The smallest absolute Gasteiger partial charge is 0.342 e. The first-order valence-electron chi connectivity index (χ1n) is 13.1. The van der Waals surface area contributed by atoms with Gasteiger partial charge in [0.2, 0.25) is 5.79 Å². The summed E-state index contributed by atoms with van der Waals surface area (Å²) in [7, 11) is 0. The number of carbonyl (C=O) groups is 4. The Morgan fingerprint density at radius 1 is 1.11 bits per heavy atom. The van der Waals surface area contributed by atoms with Gasteiger partial charge in [-0.05, 0) is 51.5 Å². The first-order valence-corrected chi connectivity index (χ1v) is 13.1. The van der Waals surface area contributed by atoms with Gasteiger partial charge in [-0.2, -0.15) is 0 Å². The SMILES string of the molecule is C=C1C(=O)OC2CC1(C)C1C(=O)C3(O)OC14C(O)(CCC1C3C(O)C=C3CC=CC(=O)C31C)C(=O)OC24C. The highest BCUT2D eigenvalue weighted by molar-refractivity contribution is 6.02. The summed E-state index contributed by atoms with van der Waals surface area (Å²) in [6, 6.07) is 0. The maximum atomic E-state index is 14.6. The van der Waals surface area contributed by atoms with Gasteiger partial charge in [-0.1, -0.05) is 31.2 Å². The van der Waals surface area contributed by atoms with E-state index in [4.69, 9.17) is 14.2 Å². The number of aliphatic hydroxyl groups is 3. The summed E-state index contributed by atoms with van der Waals surface area (Å²) in [6.07, 6.45) is 2.38. The minimum Gasteiger partial charge on any atom is -0.455 e. The average Bonchev–Trinajstić information content (AvgIpc) is 3.19. The van der Waals surface area contributed by atoms with Crippen LogP contribution in [0.4, 0.5) is 0 Å². The van der Waals surface area contributed by atoms with E-state index in [1.807, 2.05) is 0 Å². The summed E-state index contributed by atoms with van der Waals surface area (Å²) in [6.45, 7) is 8.65. The fourth-order valence-corrected chi connectivity index (χ4v) is 9.26. The molecule has 0 aromatic carbocycles. The van der Waals surface area contributed by atoms with Crippen molar-refractivity contribution >= 4 is 23.5 Å². The van der Waals surface area contributed by atoms with Crippen LogP contribution in [-0.4, -0.2) is 73.6 Å². The molecule has 38 heavy (non-hydrogen) atoms. The Hall–Kier alpha value is -2.66. The van der Waals surface area contributed by atoms with Crippen molar-refractivity contribution in [2.75, 3.05) is 0 Å². The van der Waals surface area contributed by atoms with Crippen LogP contribution in [0.25, 0.3) is 0 Å². The molecule has 3 aliphatic carbocycles. The Labute approximate surface area is 218 Å². The molecule has 11 atom stereocenters. The molecule has 4 heterocycles. The summed E-state index contributed by atoms with van der Waals surface area (Å²) in [5, 5.41) is 36.0. The number of allylic oxidation sites excluding steroid dienone is 3. The van der Waals surface area contributed by atoms with E-state index in [9.17, 15) is 34.5 Å². The maximum Gasteiger partial charge on any atom is 0.342 e. The van der Waals surface area contributed by atoms with Gasteiger partial charge in [-0.3, -0.25) is 9.59 Å². The van der Waals surface area contributed by atoms with Crippen LogP contribution in [0.5, 0.6) is 0 Å². The second-order valence-electron chi connectivity index (χ2n) is 12.7. The predicted molar refractivity (Wildman–Crippen MR) is 126 cm³/mol. The fourth-order valence-electron chi connectivity index (χ4n) is 9.26. The molecular weight excluding hydrogens is 496 g/mol. The van der Waals surface area contributed by atoms with Gasteiger partial charge in [-0.15, -0.1) is 0 Å². The number of aliphatic hydroxyl groups excluding tert-OH is 1. The Balaban J connectivity index is 1.52. The van der Waals surface area contributed by atoms with Crippen LogP contribution >= 0.6 is 0 Å². The van der Waals surface area contributed by atoms with E-state index in [-0.39, 0.29) is 30.6 Å². The van der Waals surface area contributed by atoms with E-state index in [0.29, 0.717) is 12.0 Å². The van der Waals surface area contributed by atoms with Crippen LogP contribution in [0.1, 0.15) is 46.5 Å². The molecule has 202 valence electrons. The van der Waals surface area contributed by atoms with Gasteiger partial charge in [0.05, 0.1) is 23.4 Å². The van der Waals surface area contributed by atoms with E-state index in [1.54, 1.807) is 19.9 Å². The highest BCUT2D eigenvalue weighted by Crippen LogP contribution is 2.73. The summed E-state index contributed by atoms with van der Waals surface area (Å²) in [5.41, 5.74) is -8.34. The summed E-state index contributed by atoms with van der Waals surface area (Å²) < 4.78 is 17.8. The van der Waals surface area contributed by atoms with Crippen molar-refractivity contribution in [2.45, 2.75) is 81.3 Å². The molecule has 10 heteroatoms. The van der Waals surface area contributed by atoms with Gasteiger partial charge in [0.25, 0.3) is 0 Å². The lowest BCUT2D eigenvalue weighted by molar-refractivity contribution is -0.344. The number of Topliss-reactive ketones (excluding diaryl/α,β-unsaturated/α-hetero) is 1. The number of carbonyl (C=O) groups excluding carboxylic acids is 4. The van der Waals surface area contributed by atoms with Crippen molar-refractivity contribution in [3.05, 3.63) is 36.0 Å². The average molecular weight is 527 g/mol. The molecule has 5 fully saturated rings. The summed E-state index contributed by atoms with van der Waals surface area (Å²) >= 11 is 0. The molecular formula is C28H30O10. The van der Waals surface area contributed by atoms with Crippen molar-refractivity contribution in [3.63, 3.8) is 0 Å². The number of ether oxygens (including phenoxy) is 3. The van der Waals surface area contributed by atoms with Gasteiger partial charge in [-0.25, -0.2) is 9.59 Å². The Kier molecular flexibility index (Phi) is 4.20. The molecule has 1 saturated carbocycles. The molecule has 3 N–H and O–H groups in total. The van der Waals surface area contributed by atoms with E-state index in [2.05, 4.69) is 6.58 Å². The Morgan fingerprint density at radius 3 is 2.53 bits per heavy atom. The molecule has 0 radical (unpaired) electrons. The van der Waals surface area contributed by atoms with Crippen LogP contribution in [0.2, 0.25) is 0 Å². The van der Waals surface area contributed by atoms with E-state index >= 15 is 0 Å². The zero-order chi connectivity index (χ0) is 27.4. The van der Waals surface area contributed by atoms with Crippen molar-refractivity contribution in [1.29, 1.82) is 0 Å². The monoisotopic (exact) mass is 526 g/mol. The molecule has 4 saturated heterocycles. The zero-order valence-electron chi connectivity index (χ0n) is 21.4. The van der Waals surface area contributed by atoms with E-state index < -0.39 is 81.1 Å². The third-order valence-electron chi connectivity index (χ3n) is 11.3. The van der Waals surface area contributed by atoms with E-state index in [1.165, 1.54) is 19.1 Å². The number of esters is 2. The molecule has 4 bridgehead atoms. The molecule has 7 rings (SSSR count). The minimum atomic E-state index is -2.71. The van der Waals surface area contributed by atoms with Crippen molar-refractivity contribution in [1.82, 2.24) is 0 Å². The molecule has 1 spiro atoms. The third-order valence-corrected chi connectivity index (χ3v) is 11.3. The molecule has 7 aliphatic rings. The van der Waals surface area contributed by atoms with Crippen molar-refractivity contribution in [2.24, 2.45) is 28.6 Å². The third kappa shape index (κ3) is 2.15. The van der Waals surface area contributed by atoms with Crippen LogP contribution in [0.15, 0.2) is 36.0 Å². The van der Waals surface area contributed by atoms with Gasteiger partial charge in [0.1, 0.15) is 6.10 Å². The van der Waals surface area contributed by atoms with Crippen molar-refractivity contribution < 1.29 is 48.7 Å². The topological polar surface area (TPSA) is 157 Å².